The molecule has 5 rings (SSSR count). The van der Waals surface area contributed by atoms with Crippen LogP contribution >= 0.6 is 0 Å². The van der Waals surface area contributed by atoms with Gasteiger partial charge in [0.25, 0.3) is 0 Å². The number of para-hydroxylation sites is 2. The van der Waals surface area contributed by atoms with E-state index in [-0.39, 0.29) is 31.1 Å². The van der Waals surface area contributed by atoms with Crippen LogP contribution in [-0.2, 0) is 7.05 Å². The largest absolute Gasteiger partial charge is 0.461 e. The quantitative estimate of drug-likeness (QED) is 0.524. The number of rotatable bonds is 6. The number of nitrogens with zero attached hydrogens (tertiary/aromatic N) is 7. The molecule has 3 heterocycles. The van der Waals surface area contributed by atoms with Crippen molar-refractivity contribution < 1.29 is 9.84 Å². The molecule has 3 aromatic heterocycles. The molecule has 9 heteroatoms. The fourth-order valence-electron chi connectivity index (χ4n) is 3.97. The number of aliphatic hydroxyl groups excluding tert-OH is 1. The fraction of sp³-hybridized carbons (Fsp3) is 0.381. The number of aryl methyl sites for hydroxylation is 3. The van der Waals surface area contributed by atoms with E-state index in [0.29, 0.717) is 11.6 Å². The molecule has 1 N–H and O–H groups in total. The highest BCUT2D eigenvalue weighted by molar-refractivity contribution is 5.76. The summed E-state index contributed by atoms with van der Waals surface area (Å²) >= 11 is 0. The van der Waals surface area contributed by atoms with Crippen molar-refractivity contribution in [1.29, 1.82) is 0 Å². The van der Waals surface area contributed by atoms with Crippen molar-refractivity contribution >= 4 is 11.0 Å². The molecule has 1 aliphatic carbocycles. The Labute approximate surface area is 173 Å². The second-order valence-electron chi connectivity index (χ2n) is 7.59. The van der Waals surface area contributed by atoms with Crippen molar-refractivity contribution in [2.75, 3.05) is 13.2 Å². The summed E-state index contributed by atoms with van der Waals surface area (Å²) in [7, 11) is 2.06. The highest BCUT2D eigenvalue weighted by Gasteiger charge is 2.44. The minimum Gasteiger partial charge on any atom is -0.461 e. The molecule has 1 aliphatic rings. The molecular formula is C21H23N7O2. The van der Waals surface area contributed by atoms with Gasteiger partial charge in [0.2, 0.25) is 0 Å². The smallest absolute Gasteiger partial charge is 0.318 e. The monoisotopic (exact) mass is 405 g/mol. The topological polar surface area (TPSA) is 104 Å². The van der Waals surface area contributed by atoms with Crippen molar-refractivity contribution in [2.24, 2.45) is 7.05 Å². The van der Waals surface area contributed by atoms with Gasteiger partial charge in [-0.1, -0.05) is 12.1 Å². The molecule has 2 atom stereocenters. The fourth-order valence-corrected chi connectivity index (χ4v) is 3.97. The maximum atomic E-state index is 9.12. The Kier molecular flexibility index (Phi) is 4.47. The van der Waals surface area contributed by atoms with Gasteiger partial charge in [-0.2, -0.15) is 14.6 Å². The van der Waals surface area contributed by atoms with Crippen molar-refractivity contribution in [3.63, 3.8) is 0 Å². The number of ether oxygens (including phenoxy) is 1. The average molecular weight is 405 g/mol. The summed E-state index contributed by atoms with van der Waals surface area (Å²) in [4.78, 5) is 18.3. The Balaban J connectivity index is 1.51. The zero-order valence-corrected chi connectivity index (χ0v) is 17.1. The summed E-state index contributed by atoms with van der Waals surface area (Å²) < 4.78 is 9.40. The molecule has 0 bridgehead atoms. The molecule has 1 fully saturated rings. The molecular weight excluding hydrogens is 382 g/mol. The van der Waals surface area contributed by atoms with Crippen molar-refractivity contribution in [3.8, 4) is 11.8 Å². The first kappa shape index (κ1) is 18.7. The summed E-state index contributed by atoms with van der Waals surface area (Å²) in [6, 6.07) is 10.3. The van der Waals surface area contributed by atoms with Gasteiger partial charge in [-0.3, -0.25) is 0 Å². The molecule has 0 saturated heterocycles. The predicted molar refractivity (Wildman–Crippen MR) is 110 cm³/mol. The molecule has 1 saturated carbocycles. The summed E-state index contributed by atoms with van der Waals surface area (Å²) in [6.45, 7) is 3.76. The number of imidazole rings is 1. The van der Waals surface area contributed by atoms with E-state index >= 15 is 0 Å². The predicted octanol–water partition coefficient (Wildman–Crippen LogP) is 2.20. The van der Waals surface area contributed by atoms with Crippen LogP contribution in [0.2, 0.25) is 0 Å². The standard InChI is InChI=1S/C21H23N7O2/c1-12-22-13(2)28(26-12)19-11-17(24-21(25-19)30-9-8-29)14-10-15(14)20-23-16-6-4-5-7-18(16)27(20)3/h4-7,11,14-15,29H,8-10H2,1-3H3. The van der Waals surface area contributed by atoms with Gasteiger partial charge in [0.1, 0.15) is 24.1 Å². The highest BCUT2D eigenvalue weighted by Crippen LogP contribution is 2.54. The lowest BCUT2D eigenvalue weighted by atomic mass is 10.2. The van der Waals surface area contributed by atoms with E-state index in [2.05, 4.69) is 37.7 Å². The van der Waals surface area contributed by atoms with E-state index < -0.39 is 0 Å². The zero-order chi connectivity index (χ0) is 20.8. The summed E-state index contributed by atoms with van der Waals surface area (Å²) in [5, 5.41) is 13.6. The van der Waals surface area contributed by atoms with Gasteiger partial charge in [0.15, 0.2) is 5.82 Å². The van der Waals surface area contributed by atoms with Gasteiger partial charge >= 0.3 is 6.01 Å². The second-order valence-corrected chi connectivity index (χ2v) is 7.59. The highest BCUT2D eigenvalue weighted by atomic mass is 16.5. The molecule has 154 valence electrons. The second kappa shape index (κ2) is 7.17. The van der Waals surface area contributed by atoms with Crippen molar-refractivity contribution in [1.82, 2.24) is 34.3 Å². The zero-order valence-electron chi connectivity index (χ0n) is 17.1. The minimum absolute atomic E-state index is 0.101. The lowest BCUT2D eigenvalue weighted by Crippen LogP contribution is -2.10. The summed E-state index contributed by atoms with van der Waals surface area (Å²) in [6.07, 6.45) is 0.961. The SMILES string of the molecule is Cc1nc(C)n(-c2cc(C3CC3c3nc4ccccc4n3C)nc(OCCO)n2)n1. The lowest BCUT2D eigenvalue weighted by molar-refractivity contribution is 0.191. The van der Waals surface area contributed by atoms with Crippen LogP contribution in [0.5, 0.6) is 6.01 Å². The van der Waals surface area contributed by atoms with Gasteiger partial charge in [0.05, 0.1) is 23.3 Å². The molecule has 9 nitrogen and oxygen atoms in total. The normalized spacial score (nSPS) is 18.1. The molecule has 4 aromatic rings. The first-order valence-corrected chi connectivity index (χ1v) is 10.00. The van der Waals surface area contributed by atoms with E-state index in [1.165, 1.54) is 0 Å². The minimum atomic E-state index is -0.101. The van der Waals surface area contributed by atoms with Gasteiger partial charge in [-0.05, 0) is 32.4 Å². The molecule has 0 amide bonds. The maximum absolute atomic E-state index is 9.12. The van der Waals surface area contributed by atoms with Crippen LogP contribution in [0.25, 0.3) is 16.9 Å². The van der Waals surface area contributed by atoms with Gasteiger partial charge in [-0.25, -0.2) is 9.97 Å². The average Bonchev–Trinajstić information content (AvgIpc) is 3.37. The third-order valence-corrected chi connectivity index (χ3v) is 5.45. The van der Waals surface area contributed by atoms with Crippen molar-refractivity contribution in [2.45, 2.75) is 32.1 Å². The maximum Gasteiger partial charge on any atom is 0.318 e. The number of fused-ring (bicyclic) bond motifs is 1. The summed E-state index contributed by atoms with van der Waals surface area (Å²) in [5.41, 5.74) is 3.02. The Morgan fingerprint density at radius 3 is 2.67 bits per heavy atom. The molecule has 0 spiro atoms. The first-order valence-electron chi connectivity index (χ1n) is 10.00. The molecule has 2 unspecified atom stereocenters. The summed E-state index contributed by atoms with van der Waals surface area (Å²) in [5.74, 6) is 3.61. The number of aromatic nitrogens is 7. The van der Waals surface area contributed by atoms with Crippen LogP contribution in [-0.4, -0.2) is 52.6 Å². The molecule has 0 radical (unpaired) electrons. The van der Waals surface area contributed by atoms with Crippen LogP contribution in [0.1, 0.15) is 41.4 Å². The Morgan fingerprint density at radius 2 is 1.93 bits per heavy atom. The van der Waals surface area contributed by atoms with E-state index in [1.807, 2.05) is 38.1 Å². The van der Waals surface area contributed by atoms with E-state index in [1.54, 1.807) is 4.68 Å². The van der Waals surface area contributed by atoms with E-state index in [9.17, 15) is 0 Å². The Bertz CT molecular complexity index is 1230. The lowest BCUT2D eigenvalue weighted by Gasteiger charge is -2.09. The third kappa shape index (κ3) is 3.21. The van der Waals surface area contributed by atoms with Gasteiger partial charge in [0, 0.05) is 24.9 Å². The molecule has 30 heavy (non-hydrogen) atoms. The van der Waals surface area contributed by atoms with E-state index in [4.69, 9.17) is 14.8 Å². The number of benzene rings is 1. The third-order valence-electron chi connectivity index (χ3n) is 5.45. The Hall–Kier alpha value is -3.33. The molecule has 1 aromatic carbocycles. The van der Waals surface area contributed by atoms with Gasteiger partial charge < -0.3 is 14.4 Å². The number of hydrogen-bond acceptors (Lipinski definition) is 7. The van der Waals surface area contributed by atoms with Crippen molar-refractivity contribution in [3.05, 3.63) is 53.5 Å². The number of aliphatic hydroxyl groups is 1. The van der Waals surface area contributed by atoms with E-state index in [0.717, 1.165) is 34.8 Å². The van der Waals surface area contributed by atoms with Crippen LogP contribution in [0.4, 0.5) is 0 Å². The number of hydrogen-bond donors (Lipinski definition) is 1. The van der Waals surface area contributed by atoms with Gasteiger partial charge in [-0.15, -0.1) is 5.10 Å². The van der Waals surface area contributed by atoms with Crippen LogP contribution < -0.4 is 4.74 Å². The molecule has 0 aliphatic heterocycles. The van der Waals surface area contributed by atoms with Crippen LogP contribution in [0.3, 0.4) is 0 Å². The Morgan fingerprint density at radius 1 is 1.10 bits per heavy atom. The first-order chi connectivity index (χ1) is 14.5. The van der Waals surface area contributed by atoms with Crippen LogP contribution in [0.15, 0.2) is 30.3 Å². The van der Waals surface area contributed by atoms with Crippen LogP contribution in [0, 0.1) is 13.8 Å².